The fraction of sp³-hybridized carbons (Fsp3) is 0.214. The van der Waals surface area contributed by atoms with Gasteiger partial charge < -0.3 is 10.5 Å². The zero-order valence-electron chi connectivity index (χ0n) is 10.4. The van der Waals surface area contributed by atoms with E-state index in [1.807, 2.05) is 38.1 Å². The molecule has 4 heteroatoms. The molecular formula is C14H15BrN2O. The van der Waals surface area contributed by atoms with Gasteiger partial charge >= 0.3 is 0 Å². The van der Waals surface area contributed by atoms with Crippen LogP contribution in [-0.4, -0.2) is 4.98 Å². The van der Waals surface area contributed by atoms with Gasteiger partial charge in [0.05, 0.1) is 0 Å². The quantitative estimate of drug-likeness (QED) is 0.940. The minimum Gasteiger partial charge on any atom is -0.457 e. The number of aromatic nitrogens is 1. The highest BCUT2D eigenvalue weighted by Gasteiger charge is 2.06. The normalized spacial score (nSPS) is 10.4. The lowest BCUT2D eigenvalue weighted by molar-refractivity contribution is 0.474. The molecule has 0 aliphatic heterocycles. The molecule has 0 unspecified atom stereocenters. The van der Waals surface area contributed by atoms with E-state index in [1.165, 1.54) is 0 Å². The van der Waals surface area contributed by atoms with Gasteiger partial charge in [-0.25, -0.2) is 0 Å². The maximum absolute atomic E-state index is 5.88. The van der Waals surface area contributed by atoms with Crippen LogP contribution in [0.5, 0.6) is 11.5 Å². The third kappa shape index (κ3) is 2.89. The lowest BCUT2D eigenvalue weighted by Gasteiger charge is -2.11. The number of pyridine rings is 1. The number of rotatable bonds is 3. The largest absolute Gasteiger partial charge is 0.457 e. The summed E-state index contributed by atoms with van der Waals surface area (Å²) in [4.78, 5) is 4.22. The van der Waals surface area contributed by atoms with Crippen molar-refractivity contribution in [1.29, 1.82) is 0 Å². The van der Waals surface area contributed by atoms with Gasteiger partial charge in [0, 0.05) is 34.5 Å². The van der Waals surface area contributed by atoms with E-state index in [1.54, 1.807) is 6.20 Å². The Morgan fingerprint density at radius 1 is 1.28 bits per heavy atom. The molecule has 0 saturated carbocycles. The Morgan fingerprint density at radius 3 is 2.72 bits per heavy atom. The van der Waals surface area contributed by atoms with Gasteiger partial charge in [0.1, 0.15) is 11.5 Å². The molecule has 3 nitrogen and oxygen atoms in total. The number of hydrogen-bond acceptors (Lipinski definition) is 3. The third-order valence-electron chi connectivity index (χ3n) is 2.66. The molecule has 1 aromatic heterocycles. The minimum atomic E-state index is 0.415. The summed E-state index contributed by atoms with van der Waals surface area (Å²) < 4.78 is 6.95. The number of ether oxygens (including phenoxy) is 1. The second kappa shape index (κ2) is 5.50. The fourth-order valence-corrected chi connectivity index (χ4v) is 1.87. The van der Waals surface area contributed by atoms with Crippen molar-refractivity contribution in [2.24, 2.45) is 5.73 Å². The van der Waals surface area contributed by atoms with E-state index in [0.29, 0.717) is 6.54 Å². The van der Waals surface area contributed by atoms with E-state index in [-0.39, 0.29) is 0 Å². The van der Waals surface area contributed by atoms with Crippen molar-refractivity contribution in [2.75, 3.05) is 0 Å². The molecule has 94 valence electrons. The predicted molar refractivity (Wildman–Crippen MR) is 75.8 cm³/mol. The minimum absolute atomic E-state index is 0.415. The smallest absolute Gasteiger partial charge is 0.135 e. The van der Waals surface area contributed by atoms with E-state index in [9.17, 15) is 0 Å². The molecule has 2 N–H and O–H groups in total. The fourth-order valence-electron chi connectivity index (χ4n) is 1.62. The van der Waals surface area contributed by atoms with Crippen molar-refractivity contribution in [3.63, 3.8) is 0 Å². The van der Waals surface area contributed by atoms with Gasteiger partial charge in [-0.1, -0.05) is 15.9 Å². The summed E-state index contributed by atoms with van der Waals surface area (Å²) in [6, 6.07) is 7.79. The van der Waals surface area contributed by atoms with Crippen molar-refractivity contribution >= 4 is 15.9 Å². The van der Waals surface area contributed by atoms with Crippen LogP contribution < -0.4 is 10.5 Å². The maximum atomic E-state index is 5.88. The molecule has 0 spiro atoms. The highest BCUT2D eigenvalue weighted by atomic mass is 79.9. The molecule has 0 amide bonds. The summed E-state index contributed by atoms with van der Waals surface area (Å²) in [6.45, 7) is 4.37. The number of halogens is 1. The molecule has 0 bridgehead atoms. The zero-order valence-corrected chi connectivity index (χ0v) is 12.0. The van der Waals surface area contributed by atoms with Crippen molar-refractivity contribution in [3.05, 3.63) is 51.8 Å². The highest BCUT2D eigenvalue weighted by Crippen LogP contribution is 2.28. The third-order valence-corrected chi connectivity index (χ3v) is 3.55. The van der Waals surface area contributed by atoms with Crippen LogP contribution in [0.25, 0.3) is 0 Å². The van der Waals surface area contributed by atoms with Crippen LogP contribution >= 0.6 is 15.9 Å². The monoisotopic (exact) mass is 306 g/mol. The first kappa shape index (κ1) is 13.1. The van der Waals surface area contributed by atoms with E-state index in [2.05, 4.69) is 20.9 Å². The lowest BCUT2D eigenvalue weighted by atomic mass is 10.2. The number of nitrogens with two attached hydrogens (primary N) is 1. The second-order valence-electron chi connectivity index (χ2n) is 4.15. The molecule has 18 heavy (non-hydrogen) atoms. The lowest BCUT2D eigenvalue weighted by Crippen LogP contribution is -2.01. The SMILES string of the molecule is Cc1cc(Oc2ccc(Br)c(C)c2)c(CN)cn1. The van der Waals surface area contributed by atoms with Crippen LogP contribution in [0, 0.1) is 13.8 Å². The molecular weight excluding hydrogens is 292 g/mol. The number of benzene rings is 1. The first-order chi connectivity index (χ1) is 8.60. The zero-order chi connectivity index (χ0) is 13.1. The molecule has 1 aromatic carbocycles. The molecule has 1 heterocycles. The van der Waals surface area contributed by atoms with E-state index >= 15 is 0 Å². The van der Waals surface area contributed by atoms with E-state index < -0.39 is 0 Å². The van der Waals surface area contributed by atoms with Crippen LogP contribution in [0.3, 0.4) is 0 Å². The van der Waals surface area contributed by atoms with Crippen LogP contribution in [0.15, 0.2) is 34.9 Å². The average Bonchev–Trinajstić information content (AvgIpc) is 2.34. The van der Waals surface area contributed by atoms with Gasteiger partial charge in [-0.05, 0) is 37.6 Å². The van der Waals surface area contributed by atoms with Crippen molar-refractivity contribution in [2.45, 2.75) is 20.4 Å². The predicted octanol–water partition coefficient (Wildman–Crippen LogP) is 3.71. The van der Waals surface area contributed by atoms with E-state index in [0.717, 1.165) is 32.8 Å². The molecule has 0 atom stereocenters. The number of hydrogen-bond donors (Lipinski definition) is 1. The Balaban J connectivity index is 2.33. The molecule has 0 aliphatic carbocycles. The van der Waals surface area contributed by atoms with Gasteiger partial charge in [-0.2, -0.15) is 0 Å². The molecule has 0 aliphatic rings. The first-order valence-corrected chi connectivity index (χ1v) is 6.49. The Labute approximate surface area is 115 Å². The van der Waals surface area contributed by atoms with Crippen LogP contribution in [-0.2, 0) is 6.54 Å². The first-order valence-electron chi connectivity index (χ1n) is 5.69. The van der Waals surface area contributed by atoms with Crippen molar-refractivity contribution in [3.8, 4) is 11.5 Å². The van der Waals surface area contributed by atoms with Gasteiger partial charge in [-0.15, -0.1) is 0 Å². The Morgan fingerprint density at radius 2 is 2.06 bits per heavy atom. The van der Waals surface area contributed by atoms with Crippen molar-refractivity contribution in [1.82, 2.24) is 4.98 Å². The topological polar surface area (TPSA) is 48.1 Å². The standard InChI is InChI=1S/C14H15BrN2O/c1-9-5-12(3-4-13(9)15)18-14-6-10(2)17-8-11(14)7-16/h3-6,8H,7,16H2,1-2H3. The van der Waals surface area contributed by atoms with Crippen molar-refractivity contribution < 1.29 is 4.74 Å². The summed E-state index contributed by atoms with van der Waals surface area (Å²) in [5.41, 5.74) is 8.63. The summed E-state index contributed by atoms with van der Waals surface area (Å²) in [5, 5.41) is 0. The second-order valence-corrected chi connectivity index (χ2v) is 5.00. The number of nitrogens with zero attached hydrogens (tertiary/aromatic N) is 1. The molecule has 2 rings (SSSR count). The van der Waals surface area contributed by atoms with Gasteiger partial charge in [0.15, 0.2) is 0 Å². The van der Waals surface area contributed by atoms with Gasteiger partial charge in [0.2, 0.25) is 0 Å². The molecule has 0 saturated heterocycles. The molecule has 0 fully saturated rings. The summed E-state index contributed by atoms with van der Waals surface area (Å²) in [6.07, 6.45) is 1.76. The van der Waals surface area contributed by atoms with Gasteiger partial charge in [-0.3, -0.25) is 4.98 Å². The van der Waals surface area contributed by atoms with Crippen LogP contribution in [0.2, 0.25) is 0 Å². The summed E-state index contributed by atoms with van der Waals surface area (Å²) in [7, 11) is 0. The maximum Gasteiger partial charge on any atom is 0.135 e. The average molecular weight is 307 g/mol. The Hall–Kier alpha value is -1.39. The molecule has 0 radical (unpaired) electrons. The number of aryl methyl sites for hydroxylation is 2. The van der Waals surface area contributed by atoms with Crippen LogP contribution in [0.1, 0.15) is 16.8 Å². The molecule has 2 aromatic rings. The Bertz CT molecular complexity index is 570. The summed E-state index contributed by atoms with van der Waals surface area (Å²) in [5.74, 6) is 1.57. The Kier molecular flexibility index (Phi) is 3.99. The highest BCUT2D eigenvalue weighted by molar-refractivity contribution is 9.10. The van der Waals surface area contributed by atoms with E-state index in [4.69, 9.17) is 10.5 Å². The van der Waals surface area contributed by atoms with Gasteiger partial charge in [0.25, 0.3) is 0 Å². The summed E-state index contributed by atoms with van der Waals surface area (Å²) >= 11 is 3.47. The van der Waals surface area contributed by atoms with Crippen LogP contribution in [0.4, 0.5) is 0 Å².